The lowest BCUT2D eigenvalue weighted by atomic mass is 10.1. The molecule has 1 fully saturated rings. The van der Waals surface area contributed by atoms with Gasteiger partial charge in [-0.15, -0.1) is 11.8 Å². The van der Waals surface area contributed by atoms with Gasteiger partial charge in [-0.3, -0.25) is 9.78 Å². The van der Waals surface area contributed by atoms with E-state index in [0.717, 1.165) is 59.2 Å². The number of aromatic nitrogens is 3. The molecule has 0 bridgehead atoms. The van der Waals surface area contributed by atoms with E-state index in [1.54, 1.807) is 30.4 Å². The number of benzene rings is 2. The first-order chi connectivity index (χ1) is 15.8. The second kappa shape index (κ2) is 9.36. The van der Waals surface area contributed by atoms with E-state index < -0.39 is 0 Å². The van der Waals surface area contributed by atoms with Crippen molar-refractivity contribution >= 4 is 40.1 Å². The molecule has 0 aliphatic carbocycles. The predicted molar refractivity (Wildman–Crippen MR) is 130 cm³/mol. The van der Waals surface area contributed by atoms with Crippen LogP contribution < -0.4 is 9.80 Å². The molecular weight excluding hydrogens is 418 g/mol. The maximum atomic E-state index is 12.8. The number of Topliss-reactive ketones (excluding diaryl/α,β-unsaturated/α-hetero) is 1. The lowest BCUT2D eigenvalue weighted by Gasteiger charge is -2.36. The van der Waals surface area contributed by atoms with Crippen LogP contribution in [0.1, 0.15) is 10.4 Å². The number of carbonyl (C=O) groups excluding carboxylic acids is 1. The number of carbonyl (C=O) groups is 1. The van der Waals surface area contributed by atoms with Gasteiger partial charge < -0.3 is 9.80 Å². The minimum absolute atomic E-state index is 0.133. The number of pyridine rings is 1. The lowest BCUT2D eigenvalue weighted by Crippen LogP contribution is -2.47. The molecule has 4 aromatic rings. The predicted octanol–water partition coefficient (Wildman–Crippen LogP) is 4.33. The van der Waals surface area contributed by atoms with E-state index in [0.29, 0.717) is 5.75 Å². The molecule has 32 heavy (non-hydrogen) atoms. The molecule has 1 saturated heterocycles. The summed E-state index contributed by atoms with van der Waals surface area (Å²) in [5.74, 6) is 1.32. The van der Waals surface area contributed by atoms with Gasteiger partial charge in [0.05, 0.1) is 11.3 Å². The first kappa shape index (κ1) is 20.5. The Kier molecular flexibility index (Phi) is 5.98. The van der Waals surface area contributed by atoms with Crippen LogP contribution in [0.3, 0.4) is 0 Å². The van der Waals surface area contributed by atoms with Crippen LogP contribution in [0.5, 0.6) is 0 Å². The molecule has 0 unspecified atom stereocenters. The molecule has 0 atom stereocenters. The van der Waals surface area contributed by atoms with Crippen LogP contribution in [0.25, 0.3) is 10.9 Å². The Hall–Kier alpha value is -3.45. The Balaban J connectivity index is 1.19. The molecule has 7 heteroatoms. The highest BCUT2D eigenvalue weighted by molar-refractivity contribution is 8.00. The van der Waals surface area contributed by atoms with E-state index in [2.05, 4.69) is 36.9 Å². The van der Waals surface area contributed by atoms with Gasteiger partial charge in [0.15, 0.2) is 5.78 Å². The molecule has 0 spiro atoms. The summed E-state index contributed by atoms with van der Waals surface area (Å²) in [5.41, 5.74) is 2.84. The van der Waals surface area contributed by atoms with Gasteiger partial charge in [-0.25, -0.2) is 9.97 Å². The molecule has 1 aliphatic heterocycles. The molecular formula is C25H23N5OS. The Bertz CT molecular complexity index is 1200. The van der Waals surface area contributed by atoms with E-state index >= 15 is 0 Å². The fourth-order valence-electron chi connectivity index (χ4n) is 3.90. The minimum Gasteiger partial charge on any atom is -0.368 e. The summed E-state index contributed by atoms with van der Waals surface area (Å²) in [6, 6.07) is 19.8. The molecule has 160 valence electrons. The zero-order valence-corrected chi connectivity index (χ0v) is 18.4. The number of ketones is 1. The van der Waals surface area contributed by atoms with Crippen LogP contribution in [0.4, 0.5) is 11.6 Å². The van der Waals surface area contributed by atoms with E-state index in [9.17, 15) is 4.79 Å². The SMILES string of the molecule is O=C(CSc1ccnc2ccccc12)c1ccc(N2CCN(c3ncccn3)CC2)cc1. The molecule has 0 radical (unpaired) electrons. The van der Waals surface area contributed by atoms with Crippen molar-refractivity contribution in [1.29, 1.82) is 0 Å². The van der Waals surface area contributed by atoms with Gasteiger partial charge in [0.1, 0.15) is 0 Å². The van der Waals surface area contributed by atoms with Crippen LogP contribution in [0.15, 0.2) is 84.1 Å². The molecule has 0 N–H and O–H groups in total. The third-order valence-electron chi connectivity index (χ3n) is 5.64. The van der Waals surface area contributed by atoms with Gasteiger partial charge in [0, 0.05) is 66.3 Å². The van der Waals surface area contributed by atoms with E-state index in [-0.39, 0.29) is 5.78 Å². The standard InChI is InChI=1S/C25H23N5OS/c31-23(18-32-24-10-13-26-22-5-2-1-4-21(22)24)19-6-8-20(9-7-19)29-14-16-30(17-15-29)25-27-11-3-12-28-25/h1-13H,14-18H2. The summed E-state index contributed by atoms with van der Waals surface area (Å²) in [6.45, 7) is 3.55. The van der Waals surface area contributed by atoms with Crippen molar-refractivity contribution in [1.82, 2.24) is 15.0 Å². The van der Waals surface area contributed by atoms with Gasteiger partial charge in [-0.05, 0) is 42.5 Å². The number of fused-ring (bicyclic) bond motifs is 1. The van der Waals surface area contributed by atoms with Crippen LogP contribution >= 0.6 is 11.8 Å². The largest absolute Gasteiger partial charge is 0.368 e. The Morgan fingerprint density at radius 1 is 0.781 bits per heavy atom. The van der Waals surface area contributed by atoms with E-state index in [1.807, 2.05) is 48.5 Å². The first-order valence-electron chi connectivity index (χ1n) is 10.6. The zero-order chi connectivity index (χ0) is 21.8. The molecule has 6 nitrogen and oxygen atoms in total. The summed E-state index contributed by atoms with van der Waals surface area (Å²) >= 11 is 1.57. The van der Waals surface area contributed by atoms with Crippen molar-refractivity contribution in [3.05, 3.63) is 84.8 Å². The normalized spacial score (nSPS) is 14.0. The van der Waals surface area contributed by atoms with Crippen LogP contribution in [0.2, 0.25) is 0 Å². The smallest absolute Gasteiger partial charge is 0.225 e. The highest BCUT2D eigenvalue weighted by Crippen LogP contribution is 2.27. The highest BCUT2D eigenvalue weighted by Gasteiger charge is 2.19. The topological polar surface area (TPSA) is 62.2 Å². The van der Waals surface area contributed by atoms with Gasteiger partial charge in [-0.2, -0.15) is 0 Å². The van der Waals surface area contributed by atoms with Crippen molar-refractivity contribution in [3.8, 4) is 0 Å². The van der Waals surface area contributed by atoms with Crippen molar-refractivity contribution < 1.29 is 4.79 Å². The number of nitrogens with zero attached hydrogens (tertiary/aromatic N) is 5. The number of anilines is 2. The third-order valence-corrected chi connectivity index (χ3v) is 6.71. The molecule has 2 aromatic heterocycles. The first-order valence-corrected chi connectivity index (χ1v) is 11.6. The van der Waals surface area contributed by atoms with Crippen LogP contribution in [-0.4, -0.2) is 52.7 Å². The van der Waals surface area contributed by atoms with Crippen molar-refractivity contribution in [2.24, 2.45) is 0 Å². The molecule has 1 aliphatic rings. The maximum absolute atomic E-state index is 12.8. The Labute approximate surface area is 191 Å². The number of thioether (sulfide) groups is 1. The average Bonchev–Trinajstić information content (AvgIpc) is 2.88. The summed E-state index contributed by atoms with van der Waals surface area (Å²) < 4.78 is 0. The number of rotatable bonds is 6. The summed E-state index contributed by atoms with van der Waals surface area (Å²) in [7, 11) is 0. The quantitative estimate of drug-likeness (QED) is 0.326. The molecule has 3 heterocycles. The van der Waals surface area contributed by atoms with Crippen LogP contribution in [-0.2, 0) is 0 Å². The van der Waals surface area contributed by atoms with Crippen molar-refractivity contribution in [3.63, 3.8) is 0 Å². The summed E-state index contributed by atoms with van der Waals surface area (Å²) in [4.78, 5) is 31.5. The highest BCUT2D eigenvalue weighted by atomic mass is 32.2. The Morgan fingerprint density at radius 3 is 2.28 bits per heavy atom. The maximum Gasteiger partial charge on any atom is 0.225 e. The summed E-state index contributed by atoms with van der Waals surface area (Å²) in [6.07, 6.45) is 5.35. The average molecular weight is 442 g/mol. The second-order valence-electron chi connectivity index (χ2n) is 7.61. The van der Waals surface area contributed by atoms with Gasteiger partial charge in [0.2, 0.25) is 5.95 Å². The Morgan fingerprint density at radius 2 is 1.50 bits per heavy atom. The van der Waals surface area contributed by atoms with Crippen LogP contribution in [0, 0.1) is 0 Å². The monoisotopic (exact) mass is 441 g/mol. The lowest BCUT2D eigenvalue weighted by molar-refractivity contribution is 0.102. The zero-order valence-electron chi connectivity index (χ0n) is 17.6. The van der Waals surface area contributed by atoms with Crippen molar-refractivity contribution in [2.75, 3.05) is 41.7 Å². The van der Waals surface area contributed by atoms with Crippen molar-refractivity contribution in [2.45, 2.75) is 4.90 Å². The number of hydrogen-bond donors (Lipinski definition) is 0. The van der Waals surface area contributed by atoms with Gasteiger partial charge in [0.25, 0.3) is 0 Å². The number of hydrogen-bond acceptors (Lipinski definition) is 7. The summed E-state index contributed by atoms with van der Waals surface area (Å²) in [5, 5.41) is 1.09. The molecule has 2 aromatic carbocycles. The fourth-order valence-corrected chi connectivity index (χ4v) is 4.84. The number of piperazine rings is 1. The second-order valence-corrected chi connectivity index (χ2v) is 8.63. The van der Waals surface area contributed by atoms with Gasteiger partial charge >= 0.3 is 0 Å². The molecule has 5 rings (SSSR count). The molecule has 0 saturated carbocycles. The third kappa shape index (κ3) is 4.43. The fraction of sp³-hybridized carbons (Fsp3) is 0.200. The molecule has 0 amide bonds. The van der Waals surface area contributed by atoms with E-state index in [4.69, 9.17) is 0 Å². The van der Waals surface area contributed by atoms with E-state index in [1.165, 1.54) is 0 Å². The minimum atomic E-state index is 0.133. The van der Waals surface area contributed by atoms with Gasteiger partial charge in [-0.1, -0.05) is 18.2 Å². The number of para-hydroxylation sites is 1.